The lowest BCUT2D eigenvalue weighted by Crippen LogP contribution is -2.12. The SMILES string of the molecule is Cc1ccc(O)c(CNCc2ccc(C#N)cc2)c1. The molecule has 0 heterocycles. The summed E-state index contributed by atoms with van der Waals surface area (Å²) < 4.78 is 0. The molecule has 0 saturated carbocycles. The minimum atomic E-state index is 0.318. The molecule has 3 heteroatoms. The zero-order valence-corrected chi connectivity index (χ0v) is 10.9. The first-order chi connectivity index (χ1) is 9.19. The Labute approximate surface area is 113 Å². The van der Waals surface area contributed by atoms with Gasteiger partial charge in [0.1, 0.15) is 5.75 Å². The number of hydrogen-bond acceptors (Lipinski definition) is 3. The second-order valence-electron chi connectivity index (χ2n) is 4.54. The molecular weight excluding hydrogens is 236 g/mol. The van der Waals surface area contributed by atoms with Gasteiger partial charge >= 0.3 is 0 Å². The number of phenolic OH excluding ortho intramolecular Hbond substituents is 1. The van der Waals surface area contributed by atoms with Crippen LogP contribution in [0.4, 0.5) is 0 Å². The number of rotatable bonds is 4. The summed E-state index contributed by atoms with van der Waals surface area (Å²) in [5.74, 6) is 0.318. The first-order valence-corrected chi connectivity index (χ1v) is 6.17. The third-order valence-corrected chi connectivity index (χ3v) is 2.96. The molecule has 0 radical (unpaired) electrons. The van der Waals surface area contributed by atoms with Gasteiger partial charge in [0, 0.05) is 18.7 Å². The van der Waals surface area contributed by atoms with Crippen LogP contribution in [0, 0.1) is 18.3 Å². The van der Waals surface area contributed by atoms with Crippen LogP contribution in [0.2, 0.25) is 0 Å². The van der Waals surface area contributed by atoms with Gasteiger partial charge in [0.25, 0.3) is 0 Å². The quantitative estimate of drug-likeness (QED) is 0.879. The van der Waals surface area contributed by atoms with E-state index in [1.165, 1.54) is 0 Å². The minimum Gasteiger partial charge on any atom is -0.508 e. The van der Waals surface area contributed by atoms with Gasteiger partial charge in [-0.1, -0.05) is 29.8 Å². The molecule has 0 fully saturated rings. The minimum absolute atomic E-state index is 0.318. The van der Waals surface area contributed by atoms with Gasteiger partial charge in [0.2, 0.25) is 0 Å². The lowest BCUT2D eigenvalue weighted by atomic mass is 10.1. The zero-order chi connectivity index (χ0) is 13.7. The molecule has 0 aliphatic heterocycles. The van der Waals surface area contributed by atoms with E-state index in [0.717, 1.165) is 16.7 Å². The Morgan fingerprint density at radius 3 is 2.53 bits per heavy atom. The van der Waals surface area contributed by atoms with Crippen molar-refractivity contribution in [1.29, 1.82) is 5.26 Å². The number of nitriles is 1. The average Bonchev–Trinajstić information content (AvgIpc) is 2.43. The van der Waals surface area contributed by atoms with E-state index < -0.39 is 0 Å². The number of phenols is 1. The number of nitrogens with zero attached hydrogens (tertiary/aromatic N) is 1. The molecule has 0 aliphatic carbocycles. The van der Waals surface area contributed by atoms with E-state index in [1.54, 1.807) is 18.2 Å². The first kappa shape index (κ1) is 13.1. The predicted molar refractivity (Wildman–Crippen MR) is 74.5 cm³/mol. The topological polar surface area (TPSA) is 56.0 Å². The summed E-state index contributed by atoms with van der Waals surface area (Å²) in [4.78, 5) is 0. The molecule has 2 rings (SSSR count). The van der Waals surface area contributed by atoms with Crippen molar-refractivity contribution in [2.75, 3.05) is 0 Å². The van der Waals surface area contributed by atoms with Crippen LogP contribution in [-0.2, 0) is 13.1 Å². The Morgan fingerprint density at radius 2 is 1.84 bits per heavy atom. The summed E-state index contributed by atoms with van der Waals surface area (Å²) in [7, 11) is 0. The molecule has 2 aromatic carbocycles. The van der Waals surface area contributed by atoms with Crippen molar-refractivity contribution in [3.05, 3.63) is 64.7 Å². The predicted octanol–water partition coefficient (Wildman–Crippen LogP) is 2.86. The second kappa shape index (κ2) is 6.03. The summed E-state index contributed by atoms with van der Waals surface area (Å²) in [5.41, 5.74) is 3.81. The lowest BCUT2D eigenvalue weighted by molar-refractivity contribution is 0.464. The summed E-state index contributed by atoms with van der Waals surface area (Å²) in [6.45, 7) is 3.33. The van der Waals surface area contributed by atoms with Gasteiger partial charge in [-0.25, -0.2) is 0 Å². The fourth-order valence-electron chi connectivity index (χ4n) is 1.89. The molecule has 0 unspecified atom stereocenters. The Bertz CT molecular complexity index is 597. The molecule has 0 spiro atoms. The van der Waals surface area contributed by atoms with Crippen molar-refractivity contribution in [2.45, 2.75) is 20.0 Å². The highest BCUT2D eigenvalue weighted by Gasteiger charge is 2.01. The van der Waals surface area contributed by atoms with E-state index in [4.69, 9.17) is 5.26 Å². The van der Waals surface area contributed by atoms with E-state index in [9.17, 15) is 5.11 Å². The van der Waals surface area contributed by atoms with Gasteiger partial charge in [-0.2, -0.15) is 5.26 Å². The van der Waals surface area contributed by atoms with Crippen LogP contribution in [0.3, 0.4) is 0 Å². The smallest absolute Gasteiger partial charge is 0.120 e. The highest BCUT2D eigenvalue weighted by atomic mass is 16.3. The third kappa shape index (κ3) is 3.57. The van der Waals surface area contributed by atoms with Crippen molar-refractivity contribution in [3.8, 4) is 11.8 Å². The van der Waals surface area contributed by atoms with E-state index in [2.05, 4.69) is 11.4 Å². The number of nitrogens with one attached hydrogen (secondary N) is 1. The lowest BCUT2D eigenvalue weighted by Gasteiger charge is -2.08. The van der Waals surface area contributed by atoms with Gasteiger partial charge < -0.3 is 10.4 Å². The molecule has 2 aromatic rings. The van der Waals surface area contributed by atoms with Crippen LogP contribution >= 0.6 is 0 Å². The van der Waals surface area contributed by atoms with Crippen molar-refractivity contribution < 1.29 is 5.11 Å². The molecule has 0 amide bonds. The van der Waals surface area contributed by atoms with Gasteiger partial charge in [0.05, 0.1) is 11.6 Å². The Kier molecular flexibility index (Phi) is 4.17. The van der Waals surface area contributed by atoms with Crippen LogP contribution < -0.4 is 5.32 Å². The normalized spacial score (nSPS) is 10.1. The second-order valence-corrected chi connectivity index (χ2v) is 4.54. The van der Waals surface area contributed by atoms with Gasteiger partial charge in [-0.05, 0) is 30.7 Å². The highest BCUT2D eigenvalue weighted by molar-refractivity contribution is 5.35. The summed E-state index contributed by atoms with van der Waals surface area (Å²) in [6, 6.07) is 15.2. The van der Waals surface area contributed by atoms with Crippen molar-refractivity contribution in [1.82, 2.24) is 5.32 Å². The monoisotopic (exact) mass is 252 g/mol. The Morgan fingerprint density at radius 1 is 1.11 bits per heavy atom. The first-order valence-electron chi connectivity index (χ1n) is 6.17. The molecule has 19 heavy (non-hydrogen) atoms. The Balaban J connectivity index is 1.92. The molecule has 0 bridgehead atoms. The number of hydrogen-bond donors (Lipinski definition) is 2. The number of aryl methyl sites for hydroxylation is 1. The van der Waals surface area contributed by atoms with Crippen LogP contribution in [0.15, 0.2) is 42.5 Å². The van der Waals surface area contributed by atoms with Gasteiger partial charge in [-0.15, -0.1) is 0 Å². The molecule has 0 saturated heterocycles. The maximum absolute atomic E-state index is 9.72. The summed E-state index contributed by atoms with van der Waals surface area (Å²) >= 11 is 0. The standard InChI is InChI=1S/C16H16N2O/c1-12-2-7-16(19)15(8-12)11-18-10-14-5-3-13(9-17)4-6-14/h2-8,18-19H,10-11H2,1H3. The van der Waals surface area contributed by atoms with E-state index in [0.29, 0.717) is 24.4 Å². The van der Waals surface area contributed by atoms with Crippen LogP contribution in [0.5, 0.6) is 5.75 Å². The van der Waals surface area contributed by atoms with Gasteiger partial charge in [-0.3, -0.25) is 0 Å². The number of benzene rings is 2. The maximum atomic E-state index is 9.72. The van der Waals surface area contributed by atoms with E-state index >= 15 is 0 Å². The van der Waals surface area contributed by atoms with Crippen LogP contribution in [0.1, 0.15) is 22.3 Å². The van der Waals surface area contributed by atoms with E-state index in [1.807, 2.05) is 31.2 Å². The molecule has 0 aliphatic rings. The summed E-state index contributed by atoms with van der Waals surface area (Å²) in [5, 5.41) is 21.7. The van der Waals surface area contributed by atoms with Crippen LogP contribution in [-0.4, -0.2) is 5.11 Å². The third-order valence-electron chi connectivity index (χ3n) is 2.96. The van der Waals surface area contributed by atoms with E-state index in [-0.39, 0.29) is 0 Å². The van der Waals surface area contributed by atoms with Crippen molar-refractivity contribution >= 4 is 0 Å². The van der Waals surface area contributed by atoms with Crippen LogP contribution in [0.25, 0.3) is 0 Å². The Hall–Kier alpha value is -2.31. The summed E-state index contributed by atoms with van der Waals surface area (Å²) in [6.07, 6.45) is 0. The van der Waals surface area contributed by atoms with Crippen molar-refractivity contribution in [2.24, 2.45) is 0 Å². The fourth-order valence-corrected chi connectivity index (χ4v) is 1.89. The average molecular weight is 252 g/mol. The molecular formula is C16H16N2O. The molecule has 96 valence electrons. The molecule has 3 nitrogen and oxygen atoms in total. The number of aromatic hydroxyl groups is 1. The molecule has 0 aromatic heterocycles. The van der Waals surface area contributed by atoms with Gasteiger partial charge in [0.15, 0.2) is 0 Å². The molecule has 2 N–H and O–H groups in total. The molecule has 0 atom stereocenters. The maximum Gasteiger partial charge on any atom is 0.120 e. The van der Waals surface area contributed by atoms with Crippen molar-refractivity contribution in [3.63, 3.8) is 0 Å². The fraction of sp³-hybridized carbons (Fsp3) is 0.188. The largest absolute Gasteiger partial charge is 0.508 e. The highest BCUT2D eigenvalue weighted by Crippen LogP contribution is 2.17. The zero-order valence-electron chi connectivity index (χ0n) is 10.9.